The Morgan fingerprint density at radius 2 is 2.12 bits per heavy atom. The van der Waals surface area contributed by atoms with Crippen molar-refractivity contribution in [3.63, 3.8) is 0 Å². The summed E-state index contributed by atoms with van der Waals surface area (Å²) < 4.78 is 3.79. The molecule has 4 rings (SSSR count). The van der Waals surface area contributed by atoms with Gasteiger partial charge in [-0.1, -0.05) is 12.8 Å². The van der Waals surface area contributed by atoms with Crippen LogP contribution in [0.3, 0.4) is 0 Å². The van der Waals surface area contributed by atoms with Crippen molar-refractivity contribution >= 4 is 11.2 Å². The molecule has 1 aliphatic carbocycles. The van der Waals surface area contributed by atoms with E-state index >= 15 is 0 Å². The topological polar surface area (TPSA) is 63.3 Å². The second-order valence-electron chi connectivity index (χ2n) is 6.97. The number of fused-ring (bicyclic) bond motifs is 1. The van der Waals surface area contributed by atoms with Crippen molar-refractivity contribution in [2.24, 2.45) is 5.92 Å². The molecule has 0 bridgehead atoms. The Bertz CT molecular complexity index is 1020. The number of aryl methyl sites for hydroxylation is 1. The van der Waals surface area contributed by atoms with Crippen LogP contribution in [-0.2, 0) is 0 Å². The molecule has 130 valence electrons. The molecule has 0 radical (unpaired) electrons. The van der Waals surface area contributed by atoms with Crippen LogP contribution in [0.4, 0.5) is 5.69 Å². The highest BCUT2D eigenvalue weighted by Gasteiger charge is 2.27. The lowest BCUT2D eigenvalue weighted by Crippen LogP contribution is -2.17. The van der Waals surface area contributed by atoms with Gasteiger partial charge in [0.05, 0.1) is 43.0 Å². The van der Waals surface area contributed by atoms with E-state index < -0.39 is 0 Å². The van der Waals surface area contributed by atoms with E-state index in [0.29, 0.717) is 18.0 Å². The predicted octanol–water partition coefficient (Wildman–Crippen LogP) is 4.70. The van der Waals surface area contributed by atoms with Gasteiger partial charge < -0.3 is 0 Å². The zero-order chi connectivity index (χ0) is 18.1. The first-order chi connectivity index (χ1) is 12.7. The third kappa shape index (κ3) is 2.64. The third-order valence-corrected chi connectivity index (χ3v) is 5.45. The molecule has 6 nitrogen and oxygen atoms in total. The lowest BCUT2D eigenvalue weighted by Gasteiger charge is -2.21. The van der Waals surface area contributed by atoms with Crippen molar-refractivity contribution in [3.05, 3.63) is 47.8 Å². The van der Waals surface area contributed by atoms with Crippen LogP contribution in [-0.4, -0.2) is 19.4 Å². The molecule has 3 heterocycles. The Balaban J connectivity index is 1.80. The summed E-state index contributed by atoms with van der Waals surface area (Å²) in [5, 5.41) is 18.2. The molecule has 0 spiro atoms. The SMILES string of the molecule is [C-]#[N+]c1cnn2c(C)ccc2c1-c1cnn(C(CC#N)C2CCCC2)c1. The summed E-state index contributed by atoms with van der Waals surface area (Å²) in [6.07, 6.45) is 10.7. The van der Waals surface area contributed by atoms with Crippen molar-refractivity contribution in [2.45, 2.75) is 45.1 Å². The summed E-state index contributed by atoms with van der Waals surface area (Å²) in [6.45, 7) is 9.51. The van der Waals surface area contributed by atoms with Gasteiger partial charge in [-0.3, -0.25) is 4.68 Å². The molecule has 1 aliphatic rings. The van der Waals surface area contributed by atoms with Crippen LogP contribution in [0.25, 0.3) is 21.5 Å². The zero-order valence-corrected chi connectivity index (χ0v) is 14.8. The molecule has 1 unspecified atom stereocenters. The van der Waals surface area contributed by atoms with Gasteiger partial charge in [0.1, 0.15) is 0 Å². The van der Waals surface area contributed by atoms with Crippen LogP contribution in [0.15, 0.2) is 30.7 Å². The first-order valence-electron chi connectivity index (χ1n) is 8.99. The van der Waals surface area contributed by atoms with E-state index in [4.69, 9.17) is 6.57 Å². The maximum atomic E-state index is 9.27. The van der Waals surface area contributed by atoms with E-state index in [2.05, 4.69) is 21.1 Å². The van der Waals surface area contributed by atoms with E-state index in [1.165, 1.54) is 12.8 Å². The highest BCUT2D eigenvalue weighted by atomic mass is 15.3. The predicted molar refractivity (Wildman–Crippen MR) is 98.6 cm³/mol. The fourth-order valence-electron chi connectivity index (χ4n) is 4.12. The molecule has 1 atom stereocenters. The molecule has 0 saturated heterocycles. The van der Waals surface area contributed by atoms with E-state index in [-0.39, 0.29) is 6.04 Å². The van der Waals surface area contributed by atoms with Gasteiger partial charge in [-0.2, -0.15) is 15.5 Å². The van der Waals surface area contributed by atoms with Crippen LogP contribution in [0.1, 0.15) is 43.8 Å². The Hall–Kier alpha value is -3.12. The van der Waals surface area contributed by atoms with Crippen molar-refractivity contribution in [1.82, 2.24) is 19.4 Å². The maximum absolute atomic E-state index is 9.27. The Morgan fingerprint density at radius 1 is 1.31 bits per heavy atom. The van der Waals surface area contributed by atoms with Crippen molar-refractivity contribution in [3.8, 4) is 17.2 Å². The van der Waals surface area contributed by atoms with Crippen LogP contribution in [0, 0.1) is 30.7 Å². The Labute approximate surface area is 152 Å². The largest absolute Gasteiger partial charge is 0.268 e. The minimum atomic E-state index is 0.110. The molecule has 0 amide bonds. The van der Waals surface area contributed by atoms with Crippen LogP contribution >= 0.6 is 0 Å². The fraction of sp³-hybridized carbons (Fsp3) is 0.400. The molecule has 3 aromatic heterocycles. The van der Waals surface area contributed by atoms with Gasteiger partial charge >= 0.3 is 0 Å². The minimum absolute atomic E-state index is 0.110. The molecule has 1 fully saturated rings. The van der Waals surface area contributed by atoms with Gasteiger partial charge in [0.25, 0.3) is 0 Å². The summed E-state index contributed by atoms with van der Waals surface area (Å²) in [5.41, 5.74) is 4.22. The molecule has 0 aromatic carbocycles. The summed E-state index contributed by atoms with van der Waals surface area (Å²) >= 11 is 0. The molecule has 6 heteroatoms. The highest BCUT2D eigenvalue weighted by molar-refractivity contribution is 5.90. The Morgan fingerprint density at radius 3 is 2.85 bits per heavy atom. The number of nitrogens with zero attached hydrogens (tertiary/aromatic N) is 6. The molecule has 26 heavy (non-hydrogen) atoms. The van der Waals surface area contributed by atoms with Gasteiger partial charge in [-0.05, 0) is 37.8 Å². The number of hydrogen-bond donors (Lipinski definition) is 0. The third-order valence-electron chi connectivity index (χ3n) is 5.45. The van der Waals surface area contributed by atoms with E-state index in [1.807, 2.05) is 40.6 Å². The zero-order valence-electron chi connectivity index (χ0n) is 14.8. The van der Waals surface area contributed by atoms with Crippen LogP contribution < -0.4 is 0 Å². The second kappa shape index (κ2) is 6.65. The van der Waals surface area contributed by atoms with Crippen LogP contribution in [0.5, 0.6) is 0 Å². The first-order valence-corrected chi connectivity index (χ1v) is 8.99. The second-order valence-corrected chi connectivity index (χ2v) is 6.97. The normalized spacial score (nSPS) is 15.8. The summed E-state index contributed by atoms with van der Waals surface area (Å²) in [4.78, 5) is 3.66. The van der Waals surface area contributed by atoms with Crippen LogP contribution in [0.2, 0.25) is 0 Å². The lowest BCUT2D eigenvalue weighted by molar-refractivity contribution is 0.315. The Kier molecular flexibility index (Phi) is 4.18. The average molecular weight is 344 g/mol. The van der Waals surface area contributed by atoms with Crippen molar-refractivity contribution in [1.29, 1.82) is 5.26 Å². The number of aromatic nitrogens is 4. The maximum Gasteiger partial charge on any atom is 0.216 e. The van der Waals surface area contributed by atoms with Gasteiger partial charge in [0, 0.05) is 23.0 Å². The summed E-state index contributed by atoms with van der Waals surface area (Å²) in [5.74, 6) is 0.510. The van der Waals surface area contributed by atoms with E-state index in [0.717, 1.165) is 35.2 Å². The van der Waals surface area contributed by atoms with E-state index in [9.17, 15) is 5.26 Å². The number of rotatable bonds is 4. The molecule has 3 aromatic rings. The van der Waals surface area contributed by atoms with Gasteiger partial charge in [-0.15, -0.1) is 0 Å². The van der Waals surface area contributed by atoms with E-state index in [1.54, 1.807) is 6.20 Å². The van der Waals surface area contributed by atoms with Gasteiger partial charge in [0.15, 0.2) is 0 Å². The smallest absolute Gasteiger partial charge is 0.216 e. The average Bonchev–Trinajstić information content (AvgIpc) is 3.40. The first kappa shape index (κ1) is 16.4. The van der Waals surface area contributed by atoms with Gasteiger partial charge in [0.2, 0.25) is 5.69 Å². The molecular formula is C20H20N6. The van der Waals surface area contributed by atoms with Crippen molar-refractivity contribution < 1.29 is 0 Å². The fourth-order valence-corrected chi connectivity index (χ4v) is 4.12. The van der Waals surface area contributed by atoms with Crippen molar-refractivity contribution in [2.75, 3.05) is 0 Å². The number of hydrogen-bond acceptors (Lipinski definition) is 3. The summed E-state index contributed by atoms with van der Waals surface area (Å²) in [7, 11) is 0. The molecular weight excluding hydrogens is 324 g/mol. The molecule has 1 saturated carbocycles. The van der Waals surface area contributed by atoms with Gasteiger partial charge in [-0.25, -0.2) is 9.36 Å². The number of nitriles is 1. The monoisotopic (exact) mass is 344 g/mol. The molecule has 0 aliphatic heterocycles. The minimum Gasteiger partial charge on any atom is -0.268 e. The standard InChI is InChI=1S/C20H20N6/c1-14-7-8-19-20(17(22-2)12-24-26(14)19)16-11-23-25(13-16)18(9-10-21)15-5-3-4-6-15/h7-8,11-13,15,18H,3-6,9H2,1H3. The molecule has 0 N–H and O–H groups in total. The summed E-state index contributed by atoms with van der Waals surface area (Å²) in [6, 6.07) is 6.43. The quantitative estimate of drug-likeness (QED) is 0.644. The highest BCUT2D eigenvalue weighted by Crippen LogP contribution is 2.38. The lowest BCUT2D eigenvalue weighted by atomic mass is 9.96.